The summed E-state index contributed by atoms with van der Waals surface area (Å²) in [5, 5.41) is 6.57. The van der Waals surface area contributed by atoms with Crippen LogP contribution in [0.3, 0.4) is 0 Å². The highest BCUT2D eigenvalue weighted by Crippen LogP contribution is 2.26. The van der Waals surface area contributed by atoms with Gasteiger partial charge in [-0.05, 0) is 70.8 Å². The first-order chi connectivity index (χ1) is 15.3. The van der Waals surface area contributed by atoms with Gasteiger partial charge in [0.05, 0.1) is 19.2 Å². The van der Waals surface area contributed by atoms with Gasteiger partial charge in [-0.2, -0.15) is 0 Å². The fraction of sp³-hybridized carbons (Fsp3) is 0.667. The number of benzene rings is 1. The molecule has 0 radical (unpaired) electrons. The van der Waals surface area contributed by atoms with Gasteiger partial charge in [-0.15, -0.1) is 24.0 Å². The molecule has 2 N–H and O–H groups in total. The zero-order chi connectivity index (χ0) is 23.1. The van der Waals surface area contributed by atoms with E-state index in [1.807, 2.05) is 40.0 Å². The van der Waals surface area contributed by atoms with Crippen molar-refractivity contribution in [1.29, 1.82) is 0 Å². The maximum absolute atomic E-state index is 12.1. The Hall–Kier alpha value is -1.75. The van der Waals surface area contributed by atoms with Crippen LogP contribution < -0.4 is 15.4 Å². The smallest absolute Gasteiger partial charge is 0.407 e. The Labute approximate surface area is 215 Å². The van der Waals surface area contributed by atoms with Crippen molar-refractivity contribution in [1.82, 2.24) is 20.4 Å². The van der Waals surface area contributed by atoms with Crippen molar-refractivity contribution in [2.45, 2.75) is 57.7 Å². The summed E-state index contributed by atoms with van der Waals surface area (Å²) in [6.07, 6.45) is 2.99. The number of methoxy groups -OCH3 is 1. The third kappa shape index (κ3) is 8.20. The molecule has 1 aromatic carbocycles. The van der Waals surface area contributed by atoms with Crippen LogP contribution in [0.4, 0.5) is 4.79 Å². The predicted molar refractivity (Wildman–Crippen MR) is 143 cm³/mol. The number of guanidine groups is 1. The van der Waals surface area contributed by atoms with Crippen molar-refractivity contribution < 1.29 is 14.3 Å². The van der Waals surface area contributed by atoms with Crippen molar-refractivity contribution in [2.24, 2.45) is 4.99 Å². The number of carbonyl (C=O) groups excluding carboxylic acids is 1. The molecule has 0 saturated carbocycles. The molecule has 186 valence electrons. The second-order valence-electron chi connectivity index (χ2n) is 9.54. The lowest BCUT2D eigenvalue weighted by atomic mass is 10.1. The molecule has 2 heterocycles. The number of halogens is 1. The van der Waals surface area contributed by atoms with Crippen molar-refractivity contribution in [3.05, 3.63) is 29.8 Å². The van der Waals surface area contributed by atoms with Crippen molar-refractivity contribution in [3.8, 4) is 5.75 Å². The Balaban J connectivity index is 0.00000385. The van der Waals surface area contributed by atoms with Gasteiger partial charge in [0.15, 0.2) is 5.96 Å². The molecule has 0 bridgehead atoms. The lowest BCUT2D eigenvalue weighted by molar-refractivity contribution is 0.0507. The SMILES string of the molecule is CN=C(NCC(c1ccc(OC)cc1)N1CCCC1)N1CCC(NC(=O)OC(C)(C)C)C1.I. The molecule has 3 rings (SSSR count). The van der Waals surface area contributed by atoms with Gasteiger partial charge in [0.2, 0.25) is 0 Å². The van der Waals surface area contributed by atoms with Crippen molar-refractivity contribution in [2.75, 3.05) is 46.9 Å². The summed E-state index contributed by atoms with van der Waals surface area (Å²) in [4.78, 5) is 21.4. The topological polar surface area (TPSA) is 78.4 Å². The van der Waals surface area contributed by atoms with E-state index in [9.17, 15) is 4.79 Å². The van der Waals surface area contributed by atoms with Gasteiger partial charge in [0.1, 0.15) is 11.4 Å². The summed E-state index contributed by atoms with van der Waals surface area (Å²) in [5.41, 5.74) is 0.785. The van der Waals surface area contributed by atoms with Gasteiger partial charge >= 0.3 is 6.09 Å². The molecule has 0 spiro atoms. The lowest BCUT2D eigenvalue weighted by Gasteiger charge is -2.30. The van der Waals surface area contributed by atoms with E-state index < -0.39 is 5.60 Å². The van der Waals surface area contributed by atoms with E-state index in [0.29, 0.717) is 0 Å². The maximum Gasteiger partial charge on any atom is 0.407 e. The first-order valence-corrected chi connectivity index (χ1v) is 11.6. The van der Waals surface area contributed by atoms with E-state index in [1.165, 1.54) is 18.4 Å². The average molecular weight is 574 g/mol. The van der Waals surface area contributed by atoms with Crippen LogP contribution in [0.15, 0.2) is 29.3 Å². The van der Waals surface area contributed by atoms with Gasteiger partial charge in [-0.1, -0.05) is 12.1 Å². The molecular formula is C24H40IN5O3. The number of hydrogen-bond donors (Lipinski definition) is 2. The number of carbonyl (C=O) groups is 1. The zero-order valence-corrected chi connectivity index (χ0v) is 22.9. The Morgan fingerprint density at radius 1 is 1.18 bits per heavy atom. The molecule has 2 unspecified atom stereocenters. The molecule has 2 aliphatic rings. The number of rotatable bonds is 6. The molecule has 2 atom stereocenters. The minimum Gasteiger partial charge on any atom is -0.497 e. The van der Waals surface area contributed by atoms with E-state index in [0.717, 1.165) is 50.9 Å². The maximum atomic E-state index is 12.1. The average Bonchev–Trinajstić information content (AvgIpc) is 3.43. The fourth-order valence-electron chi connectivity index (χ4n) is 4.40. The molecule has 2 saturated heterocycles. The van der Waals surface area contributed by atoms with Crippen molar-refractivity contribution in [3.63, 3.8) is 0 Å². The number of amides is 1. The number of nitrogens with one attached hydrogen (secondary N) is 2. The van der Waals surface area contributed by atoms with Crippen LogP contribution in [0.5, 0.6) is 5.75 Å². The Morgan fingerprint density at radius 3 is 2.42 bits per heavy atom. The minimum atomic E-state index is -0.494. The van der Waals surface area contributed by atoms with E-state index >= 15 is 0 Å². The molecule has 0 aliphatic carbocycles. The molecule has 33 heavy (non-hydrogen) atoms. The van der Waals surface area contributed by atoms with Crippen molar-refractivity contribution >= 4 is 36.0 Å². The summed E-state index contributed by atoms with van der Waals surface area (Å²) in [6, 6.07) is 8.70. The fourth-order valence-corrected chi connectivity index (χ4v) is 4.40. The van der Waals surface area contributed by atoms with E-state index in [2.05, 4.69) is 37.6 Å². The third-order valence-electron chi connectivity index (χ3n) is 5.96. The molecule has 0 aromatic heterocycles. The minimum absolute atomic E-state index is 0. The van der Waals surface area contributed by atoms with Gasteiger partial charge in [0.25, 0.3) is 0 Å². The molecule has 2 fully saturated rings. The highest BCUT2D eigenvalue weighted by Gasteiger charge is 2.29. The van der Waals surface area contributed by atoms with Gasteiger partial charge in [-0.3, -0.25) is 9.89 Å². The standard InChI is InChI=1S/C24H39N5O3.HI/c1-24(2,3)32-23(30)27-19-12-15-29(17-19)22(25-4)26-16-21(28-13-6-7-14-28)18-8-10-20(31-5)11-9-18;/h8-11,19,21H,6-7,12-17H2,1-5H3,(H,25,26)(H,27,30);1H. The van der Waals surface area contributed by atoms with Gasteiger partial charge in [-0.25, -0.2) is 4.79 Å². The summed E-state index contributed by atoms with van der Waals surface area (Å²) < 4.78 is 10.7. The van der Waals surface area contributed by atoms with Crippen LogP contribution in [-0.4, -0.2) is 80.4 Å². The Bertz CT molecular complexity index is 775. The monoisotopic (exact) mass is 573 g/mol. The predicted octanol–water partition coefficient (Wildman–Crippen LogP) is 3.62. The quantitative estimate of drug-likeness (QED) is 0.308. The number of nitrogens with zero attached hydrogens (tertiary/aromatic N) is 3. The molecular weight excluding hydrogens is 533 g/mol. The van der Waals surface area contributed by atoms with Crippen LogP contribution in [0.1, 0.15) is 51.6 Å². The number of aliphatic imine (C=N–C) groups is 1. The lowest BCUT2D eigenvalue weighted by Crippen LogP contribution is -2.46. The molecule has 8 nitrogen and oxygen atoms in total. The Morgan fingerprint density at radius 2 is 1.85 bits per heavy atom. The summed E-state index contributed by atoms with van der Waals surface area (Å²) in [6.45, 7) is 10.2. The number of alkyl carbamates (subject to hydrolysis) is 1. The first kappa shape index (κ1) is 27.5. The third-order valence-corrected chi connectivity index (χ3v) is 5.96. The second kappa shape index (κ2) is 12.6. The zero-order valence-electron chi connectivity index (χ0n) is 20.6. The number of hydrogen-bond acceptors (Lipinski definition) is 5. The molecule has 9 heteroatoms. The van der Waals surface area contributed by atoms with Crippen LogP contribution in [0.25, 0.3) is 0 Å². The Kier molecular flexibility index (Phi) is 10.5. The molecule has 2 aliphatic heterocycles. The van der Waals surface area contributed by atoms with Crippen LogP contribution in [-0.2, 0) is 4.74 Å². The highest BCUT2D eigenvalue weighted by molar-refractivity contribution is 14.0. The normalized spacial score (nSPS) is 20.2. The van der Waals surface area contributed by atoms with E-state index in [4.69, 9.17) is 9.47 Å². The number of ether oxygens (including phenoxy) is 2. The van der Waals surface area contributed by atoms with Crippen LogP contribution in [0, 0.1) is 0 Å². The van der Waals surface area contributed by atoms with Gasteiger partial charge in [0, 0.05) is 26.7 Å². The van der Waals surface area contributed by atoms with E-state index in [1.54, 1.807) is 7.11 Å². The van der Waals surface area contributed by atoms with Crippen LogP contribution >= 0.6 is 24.0 Å². The summed E-state index contributed by atoms with van der Waals surface area (Å²) >= 11 is 0. The van der Waals surface area contributed by atoms with Crippen LogP contribution in [0.2, 0.25) is 0 Å². The van der Waals surface area contributed by atoms with Gasteiger partial charge < -0.3 is 25.0 Å². The van der Waals surface area contributed by atoms with E-state index in [-0.39, 0.29) is 42.2 Å². The highest BCUT2D eigenvalue weighted by atomic mass is 127. The first-order valence-electron chi connectivity index (χ1n) is 11.6. The molecule has 1 aromatic rings. The largest absolute Gasteiger partial charge is 0.497 e. The number of likely N-dealkylation sites (tertiary alicyclic amines) is 2. The second-order valence-corrected chi connectivity index (χ2v) is 9.54. The summed E-state index contributed by atoms with van der Waals surface area (Å²) in [7, 11) is 3.51. The molecule has 1 amide bonds. The summed E-state index contributed by atoms with van der Waals surface area (Å²) in [5.74, 6) is 1.74.